The number of ketones is 1. The van der Waals surface area contributed by atoms with Gasteiger partial charge in [0.2, 0.25) is 5.91 Å². The van der Waals surface area contributed by atoms with Gasteiger partial charge in [-0.05, 0) is 37.5 Å². The molecule has 1 N–H and O–H groups in total. The summed E-state index contributed by atoms with van der Waals surface area (Å²) in [5.74, 6) is -0.967. The van der Waals surface area contributed by atoms with Crippen LogP contribution in [0.2, 0.25) is 0 Å². The fourth-order valence-electron chi connectivity index (χ4n) is 5.23. The number of carbonyl (C=O) groups is 2. The Morgan fingerprint density at radius 2 is 1.77 bits per heavy atom. The zero-order valence-electron chi connectivity index (χ0n) is 17.0. The topological polar surface area (TPSA) is 70.0 Å². The second-order valence-corrected chi connectivity index (χ2v) is 9.53. The Kier molecular flexibility index (Phi) is 5.55. The van der Waals surface area contributed by atoms with Crippen molar-refractivity contribution in [2.45, 2.75) is 51.0 Å². The number of amides is 1. The standard InChI is InChI=1S/C25H25BrN2O2/c1-24(22(29)17-9-4-2-5-10-17)21(18-11-8-12-19(26)15-18)25(24,16-27)23(30)28-20-13-6-3-7-14-20/h2,4-5,8-12,15,20-21H,3,6-7,13-14H2,1H3,(H,28,30)/t21-,24-,25+/m1/s1. The summed E-state index contributed by atoms with van der Waals surface area (Å²) in [4.78, 5) is 27.2. The van der Waals surface area contributed by atoms with E-state index in [1.807, 2.05) is 42.5 Å². The van der Waals surface area contributed by atoms with Gasteiger partial charge in [-0.3, -0.25) is 9.59 Å². The van der Waals surface area contributed by atoms with Crippen molar-refractivity contribution >= 4 is 27.6 Å². The molecule has 4 nitrogen and oxygen atoms in total. The van der Waals surface area contributed by atoms with Crippen molar-refractivity contribution in [2.75, 3.05) is 0 Å². The lowest BCUT2D eigenvalue weighted by molar-refractivity contribution is -0.126. The molecule has 1 amide bonds. The van der Waals surface area contributed by atoms with E-state index in [0.717, 1.165) is 35.7 Å². The molecule has 0 aliphatic heterocycles. The van der Waals surface area contributed by atoms with E-state index in [4.69, 9.17) is 0 Å². The smallest absolute Gasteiger partial charge is 0.242 e. The monoisotopic (exact) mass is 464 g/mol. The highest BCUT2D eigenvalue weighted by Crippen LogP contribution is 2.75. The molecule has 154 valence electrons. The number of halogens is 1. The van der Waals surface area contributed by atoms with Gasteiger partial charge < -0.3 is 5.32 Å². The van der Waals surface area contributed by atoms with E-state index in [0.29, 0.717) is 5.56 Å². The zero-order valence-corrected chi connectivity index (χ0v) is 18.6. The van der Waals surface area contributed by atoms with E-state index in [-0.39, 0.29) is 17.7 Å². The van der Waals surface area contributed by atoms with Gasteiger partial charge in [-0.2, -0.15) is 5.26 Å². The summed E-state index contributed by atoms with van der Waals surface area (Å²) in [6.07, 6.45) is 5.20. The third-order valence-corrected chi connectivity index (χ3v) is 7.40. The van der Waals surface area contributed by atoms with Gasteiger partial charge in [0.1, 0.15) is 0 Å². The molecular weight excluding hydrogens is 440 g/mol. The molecule has 2 aliphatic carbocycles. The number of hydrogen-bond acceptors (Lipinski definition) is 3. The molecule has 2 aromatic carbocycles. The van der Waals surface area contributed by atoms with Crippen molar-refractivity contribution < 1.29 is 9.59 Å². The summed E-state index contributed by atoms with van der Waals surface area (Å²) in [7, 11) is 0. The molecule has 0 unspecified atom stereocenters. The Bertz CT molecular complexity index is 1010. The number of nitrogens with zero attached hydrogens (tertiary/aromatic N) is 1. The first-order valence-electron chi connectivity index (χ1n) is 10.5. The van der Waals surface area contributed by atoms with E-state index in [9.17, 15) is 14.9 Å². The van der Waals surface area contributed by atoms with Crippen LogP contribution in [-0.2, 0) is 4.79 Å². The summed E-state index contributed by atoms with van der Waals surface area (Å²) in [6, 6.07) is 19.0. The maximum atomic E-state index is 13.6. The fourth-order valence-corrected chi connectivity index (χ4v) is 5.65. The Morgan fingerprint density at radius 3 is 2.40 bits per heavy atom. The summed E-state index contributed by atoms with van der Waals surface area (Å²) >= 11 is 3.49. The van der Waals surface area contributed by atoms with Crippen LogP contribution in [0.1, 0.15) is 60.9 Å². The number of Topliss-reactive ketones (excluding diaryl/α,β-unsaturated/α-hetero) is 1. The van der Waals surface area contributed by atoms with Crippen molar-refractivity contribution in [3.05, 3.63) is 70.2 Å². The molecule has 0 saturated heterocycles. The maximum absolute atomic E-state index is 13.6. The van der Waals surface area contributed by atoms with Crippen LogP contribution in [0, 0.1) is 22.2 Å². The van der Waals surface area contributed by atoms with Crippen LogP contribution in [0.4, 0.5) is 0 Å². The minimum Gasteiger partial charge on any atom is -0.352 e. The van der Waals surface area contributed by atoms with E-state index in [2.05, 4.69) is 27.3 Å². The van der Waals surface area contributed by atoms with E-state index < -0.39 is 16.7 Å². The highest BCUT2D eigenvalue weighted by molar-refractivity contribution is 9.10. The predicted molar refractivity (Wildman–Crippen MR) is 119 cm³/mol. The molecule has 0 bridgehead atoms. The Balaban J connectivity index is 1.76. The first kappa shape index (κ1) is 20.8. The minimum atomic E-state index is -1.42. The van der Waals surface area contributed by atoms with Gasteiger partial charge in [0, 0.05) is 22.0 Å². The minimum absolute atomic E-state index is 0.0799. The molecule has 30 heavy (non-hydrogen) atoms. The van der Waals surface area contributed by atoms with Gasteiger partial charge in [0.25, 0.3) is 0 Å². The molecule has 0 spiro atoms. The van der Waals surface area contributed by atoms with Gasteiger partial charge in [-0.25, -0.2) is 0 Å². The Labute approximate surface area is 185 Å². The highest BCUT2D eigenvalue weighted by Gasteiger charge is 2.82. The van der Waals surface area contributed by atoms with Gasteiger partial charge >= 0.3 is 0 Å². The number of nitrogens with one attached hydrogen (secondary N) is 1. The Morgan fingerprint density at radius 1 is 1.07 bits per heavy atom. The van der Waals surface area contributed by atoms with Gasteiger partial charge in [0.05, 0.1) is 11.5 Å². The second kappa shape index (κ2) is 8.00. The van der Waals surface area contributed by atoms with Gasteiger partial charge in [-0.15, -0.1) is 0 Å². The number of benzene rings is 2. The first-order chi connectivity index (χ1) is 14.4. The molecule has 3 atom stereocenters. The van der Waals surface area contributed by atoms with Gasteiger partial charge in [0.15, 0.2) is 11.2 Å². The largest absolute Gasteiger partial charge is 0.352 e. The van der Waals surface area contributed by atoms with Crippen LogP contribution in [0.3, 0.4) is 0 Å². The van der Waals surface area contributed by atoms with Crippen LogP contribution in [0.25, 0.3) is 0 Å². The van der Waals surface area contributed by atoms with Crippen molar-refractivity contribution in [1.82, 2.24) is 5.32 Å². The van der Waals surface area contributed by atoms with E-state index in [1.54, 1.807) is 19.1 Å². The number of nitriles is 1. The van der Waals surface area contributed by atoms with Crippen LogP contribution >= 0.6 is 15.9 Å². The van der Waals surface area contributed by atoms with Crippen molar-refractivity contribution in [2.24, 2.45) is 10.8 Å². The molecule has 2 aromatic rings. The first-order valence-corrected chi connectivity index (χ1v) is 11.3. The van der Waals surface area contributed by atoms with Crippen molar-refractivity contribution in [1.29, 1.82) is 5.26 Å². The molecule has 2 saturated carbocycles. The summed E-state index contributed by atoms with van der Waals surface area (Å²) < 4.78 is 0.862. The van der Waals surface area contributed by atoms with Crippen LogP contribution < -0.4 is 5.32 Å². The molecule has 0 radical (unpaired) electrons. The van der Waals surface area contributed by atoms with Crippen LogP contribution in [0.15, 0.2) is 59.1 Å². The van der Waals surface area contributed by atoms with Crippen molar-refractivity contribution in [3.63, 3.8) is 0 Å². The SMILES string of the molecule is C[C@]1(C(=O)c2ccccc2)[C@@H](c2cccc(Br)c2)[C@@]1(C#N)C(=O)NC1CCCCC1. The quantitative estimate of drug-likeness (QED) is 0.602. The summed E-state index contributed by atoms with van der Waals surface area (Å²) in [5.41, 5.74) is -1.18. The van der Waals surface area contributed by atoms with Crippen LogP contribution in [0.5, 0.6) is 0 Å². The third-order valence-electron chi connectivity index (χ3n) is 6.91. The van der Waals surface area contributed by atoms with Crippen molar-refractivity contribution in [3.8, 4) is 6.07 Å². The van der Waals surface area contributed by atoms with Gasteiger partial charge in [-0.1, -0.05) is 77.7 Å². The predicted octanol–water partition coefficient (Wildman–Crippen LogP) is 5.39. The maximum Gasteiger partial charge on any atom is 0.242 e. The summed E-state index contributed by atoms with van der Waals surface area (Å²) in [5, 5.41) is 13.4. The molecular formula is C25H25BrN2O2. The molecule has 2 aliphatic rings. The number of hydrogen-bond donors (Lipinski definition) is 1. The molecule has 0 heterocycles. The Hall–Kier alpha value is -2.45. The number of carbonyl (C=O) groups excluding carboxylic acids is 2. The molecule has 5 heteroatoms. The third kappa shape index (κ3) is 3.18. The van der Waals surface area contributed by atoms with Crippen LogP contribution in [-0.4, -0.2) is 17.7 Å². The lowest BCUT2D eigenvalue weighted by Gasteiger charge is -2.25. The molecule has 0 aromatic heterocycles. The normalized spacial score (nSPS) is 28.4. The number of rotatable bonds is 5. The van der Waals surface area contributed by atoms with E-state index in [1.165, 1.54) is 6.42 Å². The fraction of sp³-hybridized carbons (Fsp3) is 0.400. The molecule has 2 fully saturated rings. The lowest BCUT2D eigenvalue weighted by atomic mass is 9.86. The second-order valence-electron chi connectivity index (χ2n) is 8.61. The lowest BCUT2D eigenvalue weighted by Crippen LogP contribution is -2.43. The average molecular weight is 465 g/mol. The zero-order chi connectivity index (χ0) is 21.4. The molecule has 4 rings (SSSR count). The van der Waals surface area contributed by atoms with E-state index >= 15 is 0 Å². The average Bonchev–Trinajstić information content (AvgIpc) is 3.35. The summed E-state index contributed by atoms with van der Waals surface area (Å²) in [6.45, 7) is 1.78. The highest BCUT2D eigenvalue weighted by atomic mass is 79.9.